The zero-order valence-electron chi connectivity index (χ0n) is 8.14. The maximum Gasteiger partial charge on any atom is 0.339 e. The number of carbonyl (C=O) groups excluding carboxylic acids is 1. The number of aliphatic hydroxyl groups is 1. The van der Waals surface area contributed by atoms with E-state index in [0.29, 0.717) is 5.56 Å². The van der Waals surface area contributed by atoms with Crippen molar-refractivity contribution < 1.29 is 14.6 Å². The fourth-order valence-electron chi connectivity index (χ4n) is 1.40. The van der Waals surface area contributed by atoms with E-state index < -0.39 is 12.1 Å². The van der Waals surface area contributed by atoms with Gasteiger partial charge in [-0.1, -0.05) is 6.07 Å². The molecular formula is C11H10O3S. The molecule has 3 nitrogen and oxygen atoms in total. The average molecular weight is 222 g/mol. The number of hydrogen-bond donors (Lipinski definition) is 1. The number of thiophene rings is 1. The van der Waals surface area contributed by atoms with E-state index >= 15 is 0 Å². The van der Waals surface area contributed by atoms with Gasteiger partial charge in [-0.3, -0.25) is 0 Å². The summed E-state index contributed by atoms with van der Waals surface area (Å²) >= 11 is 1.62. The van der Waals surface area contributed by atoms with Crippen LogP contribution in [0.3, 0.4) is 0 Å². The van der Waals surface area contributed by atoms with Gasteiger partial charge in [-0.05, 0) is 34.5 Å². The Labute approximate surface area is 90.9 Å². The van der Waals surface area contributed by atoms with Gasteiger partial charge in [-0.15, -0.1) is 11.3 Å². The largest absolute Gasteiger partial charge is 0.467 e. The second kappa shape index (κ2) is 4.00. The van der Waals surface area contributed by atoms with Crippen LogP contribution in [0.1, 0.15) is 11.7 Å². The van der Waals surface area contributed by atoms with Gasteiger partial charge in [-0.2, -0.15) is 0 Å². The second-order valence-corrected chi connectivity index (χ2v) is 4.09. The molecule has 1 atom stereocenters. The molecule has 2 aromatic rings. The highest BCUT2D eigenvalue weighted by Crippen LogP contribution is 2.24. The molecule has 4 heteroatoms. The maximum atomic E-state index is 11.1. The van der Waals surface area contributed by atoms with Crippen molar-refractivity contribution in [3.05, 3.63) is 35.2 Å². The van der Waals surface area contributed by atoms with Gasteiger partial charge < -0.3 is 9.84 Å². The third kappa shape index (κ3) is 1.86. The quantitative estimate of drug-likeness (QED) is 0.791. The monoisotopic (exact) mass is 222 g/mol. The second-order valence-electron chi connectivity index (χ2n) is 3.14. The summed E-state index contributed by atoms with van der Waals surface area (Å²) in [4.78, 5) is 11.1. The summed E-state index contributed by atoms with van der Waals surface area (Å²) in [6, 6.07) is 7.38. The molecule has 0 aliphatic heterocycles. The van der Waals surface area contributed by atoms with Gasteiger partial charge in [-0.25, -0.2) is 4.79 Å². The molecule has 0 radical (unpaired) electrons. The van der Waals surface area contributed by atoms with Crippen LogP contribution in [0.5, 0.6) is 0 Å². The molecule has 0 aliphatic carbocycles. The van der Waals surface area contributed by atoms with Crippen molar-refractivity contribution in [3.8, 4) is 0 Å². The van der Waals surface area contributed by atoms with Crippen molar-refractivity contribution in [2.45, 2.75) is 6.10 Å². The number of fused-ring (bicyclic) bond motifs is 1. The first-order valence-corrected chi connectivity index (χ1v) is 5.33. The van der Waals surface area contributed by atoms with Crippen LogP contribution in [0.15, 0.2) is 29.6 Å². The summed E-state index contributed by atoms with van der Waals surface area (Å²) in [6.45, 7) is 0. The van der Waals surface area contributed by atoms with E-state index in [9.17, 15) is 9.90 Å². The highest BCUT2D eigenvalue weighted by atomic mass is 32.1. The first kappa shape index (κ1) is 10.1. The molecule has 1 aromatic heterocycles. The molecule has 0 fully saturated rings. The van der Waals surface area contributed by atoms with E-state index in [0.717, 1.165) is 10.1 Å². The molecule has 0 aliphatic rings. The van der Waals surface area contributed by atoms with E-state index in [1.807, 2.05) is 17.5 Å². The molecule has 1 heterocycles. The number of aliphatic hydroxyl groups excluding tert-OH is 1. The first-order valence-electron chi connectivity index (χ1n) is 4.45. The summed E-state index contributed by atoms with van der Waals surface area (Å²) in [5.41, 5.74) is 0.563. The Morgan fingerprint density at radius 3 is 3.00 bits per heavy atom. The van der Waals surface area contributed by atoms with Crippen molar-refractivity contribution in [2.75, 3.05) is 7.11 Å². The lowest BCUT2D eigenvalue weighted by molar-refractivity contribution is -0.150. The summed E-state index contributed by atoms with van der Waals surface area (Å²) in [5.74, 6) is -0.635. The lowest BCUT2D eigenvalue weighted by atomic mass is 10.1. The molecule has 0 amide bonds. The zero-order chi connectivity index (χ0) is 10.8. The summed E-state index contributed by atoms with van der Waals surface area (Å²) in [7, 11) is 1.26. The van der Waals surface area contributed by atoms with E-state index in [2.05, 4.69) is 4.74 Å². The minimum absolute atomic E-state index is 0.563. The molecule has 0 saturated heterocycles. The third-order valence-corrected chi connectivity index (χ3v) is 3.11. The molecule has 1 N–H and O–H groups in total. The van der Waals surface area contributed by atoms with Crippen LogP contribution in [0.25, 0.3) is 10.1 Å². The Hall–Kier alpha value is -1.39. The maximum absolute atomic E-state index is 11.1. The van der Waals surface area contributed by atoms with Gasteiger partial charge in [0, 0.05) is 4.70 Å². The number of carbonyl (C=O) groups is 1. The van der Waals surface area contributed by atoms with E-state index in [-0.39, 0.29) is 0 Å². The zero-order valence-corrected chi connectivity index (χ0v) is 8.95. The van der Waals surface area contributed by atoms with Crippen LogP contribution >= 0.6 is 11.3 Å². The molecule has 15 heavy (non-hydrogen) atoms. The summed E-state index contributed by atoms with van der Waals surface area (Å²) in [6.07, 6.45) is -1.20. The summed E-state index contributed by atoms with van der Waals surface area (Å²) in [5, 5.41) is 12.6. The molecule has 1 aromatic carbocycles. The van der Waals surface area contributed by atoms with Crippen molar-refractivity contribution in [3.63, 3.8) is 0 Å². The predicted octanol–water partition coefficient (Wildman–Crippen LogP) is 2.11. The van der Waals surface area contributed by atoms with Gasteiger partial charge in [0.25, 0.3) is 0 Å². The van der Waals surface area contributed by atoms with E-state index in [1.54, 1.807) is 23.5 Å². The number of benzene rings is 1. The minimum Gasteiger partial charge on any atom is -0.467 e. The number of methoxy groups -OCH3 is 1. The van der Waals surface area contributed by atoms with Crippen LogP contribution in [0.4, 0.5) is 0 Å². The summed E-state index contributed by atoms with van der Waals surface area (Å²) < 4.78 is 5.61. The van der Waals surface area contributed by atoms with E-state index in [4.69, 9.17) is 0 Å². The van der Waals surface area contributed by atoms with Crippen LogP contribution in [0.2, 0.25) is 0 Å². The number of ether oxygens (including phenoxy) is 1. The fourth-order valence-corrected chi connectivity index (χ4v) is 2.17. The Kier molecular flexibility index (Phi) is 2.70. The molecule has 1 unspecified atom stereocenters. The Morgan fingerprint density at radius 2 is 2.27 bits per heavy atom. The number of rotatable bonds is 2. The lowest BCUT2D eigenvalue weighted by Crippen LogP contribution is -2.13. The SMILES string of the molecule is COC(=O)C(O)c1ccc2sccc2c1. The molecule has 0 saturated carbocycles. The van der Waals surface area contributed by atoms with Gasteiger partial charge in [0.15, 0.2) is 6.10 Å². The van der Waals surface area contributed by atoms with Crippen molar-refractivity contribution in [1.29, 1.82) is 0 Å². The van der Waals surface area contributed by atoms with Gasteiger partial charge in [0.2, 0.25) is 0 Å². The first-order chi connectivity index (χ1) is 7.22. The molecule has 0 bridgehead atoms. The Bertz CT molecular complexity index is 489. The van der Waals surface area contributed by atoms with Gasteiger partial charge in [0.1, 0.15) is 0 Å². The standard InChI is InChI=1S/C11H10O3S/c1-14-11(13)10(12)8-2-3-9-7(6-8)4-5-15-9/h2-6,10,12H,1H3. The molecular weight excluding hydrogens is 212 g/mol. The molecule has 2 rings (SSSR count). The fraction of sp³-hybridized carbons (Fsp3) is 0.182. The normalized spacial score (nSPS) is 12.7. The Morgan fingerprint density at radius 1 is 1.47 bits per heavy atom. The Balaban J connectivity index is 2.39. The molecule has 78 valence electrons. The third-order valence-electron chi connectivity index (χ3n) is 2.22. The van der Waals surface area contributed by atoms with Crippen LogP contribution < -0.4 is 0 Å². The van der Waals surface area contributed by atoms with Crippen molar-refractivity contribution >= 4 is 27.4 Å². The minimum atomic E-state index is -1.20. The van der Waals surface area contributed by atoms with Crippen LogP contribution in [-0.4, -0.2) is 18.2 Å². The average Bonchev–Trinajstić information content (AvgIpc) is 2.73. The predicted molar refractivity (Wildman–Crippen MR) is 58.8 cm³/mol. The topological polar surface area (TPSA) is 46.5 Å². The highest BCUT2D eigenvalue weighted by molar-refractivity contribution is 7.17. The van der Waals surface area contributed by atoms with Crippen molar-refractivity contribution in [1.82, 2.24) is 0 Å². The number of esters is 1. The van der Waals surface area contributed by atoms with Gasteiger partial charge in [0.05, 0.1) is 7.11 Å². The van der Waals surface area contributed by atoms with Gasteiger partial charge >= 0.3 is 5.97 Å². The lowest BCUT2D eigenvalue weighted by Gasteiger charge is -2.08. The molecule has 0 spiro atoms. The number of hydrogen-bond acceptors (Lipinski definition) is 4. The van der Waals surface area contributed by atoms with E-state index in [1.165, 1.54) is 7.11 Å². The smallest absolute Gasteiger partial charge is 0.339 e. The van der Waals surface area contributed by atoms with Crippen molar-refractivity contribution in [2.24, 2.45) is 0 Å². The van der Waals surface area contributed by atoms with Crippen LogP contribution in [0, 0.1) is 0 Å². The van der Waals surface area contributed by atoms with Crippen LogP contribution in [-0.2, 0) is 9.53 Å². The highest BCUT2D eigenvalue weighted by Gasteiger charge is 2.17.